The van der Waals surface area contributed by atoms with Crippen molar-refractivity contribution in [2.24, 2.45) is 5.73 Å². The smallest absolute Gasteiger partial charge is 0.385 e. The first-order valence-corrected chi connectivity index (χ1v) is 6.39. The van der Waals surface area contributed by atoms with Crippen LogP contribution < -0.4 is 5.73 Å². The lowest BCUT2D eigenvalue weighted by atomic mass is 9.76. The predicted molar refractivity (Wildman–Crippen MR) is 66.5 cm³/mol. The molecule has 1 aromatic carbocycles. The Morgan fingerprint density at radius 2 is 1.84 bits per heavy atom. The van der Waals surface area contributed by atoms with Gasteiger partial charge >= 0.3 is 6.18 Å². The molecule has 0 heterocycles. The number of halogens is 3. The standard InChI is InChI=1S/C14H18F3NO/c1-9-8-10(14(15,16)17)2-3-12(9)13(19)6-4-11(18)5-7-13/h2-3,8,11,19H,4-7,18H2,1H3. The molecule has 1 aliphatic carbocycles. The second-order valence-electron chi connectivity index (χ2n) is 5.40. The van der Waals surface area contributed by atoms with Gasteiger partial charge in [-0.1, -0.05) is 6.07 Å². The van der Waals surface area contributed by atoms with E-state index in [0.717, 1.165) is 12.1 Å². The van der Waals surface area contributed by atoms with E-state index in [4.69, 9.17) is 5.73 Å². The zero-order valence-electron chi connectivity index (χ0n) is 10.8. The molecule has 0 aromatic heterocycles. The summed E-state index contributed by atoms with van der Waals surface area (Å²) in [4.78, 5) is 0. The summed E-state index contributed by atoms with van der Waals surface area (Å²) in [7, 11) is 0. The Morgan fingerprint density at radius 3 is 2.32 bits per heavy atom. The number of rotatable bonds is 1. The third-order valence-electron chi connectivity index (χ3n) is 3.91. The van der Waals surface area contributed by atoms with Crippen molar-refractivity contribution in [3.8, 4) is 0 Å². The van der Waals surface area contributed by atoms with Crippen LogP contribution in [0.3, 0.4) is 0 Å². The molecule has 0 radical (unpaired) electrons. The van der Waals surface area contributed by atoms with Gasteiger partial charge < -0.3 is 10.8 Å². The number of alkyl halides is 3. The maximum Gasteiger partial charge on any atom is 0.416 e. The molecule has 19 heavy (non-hydrogen) atoms. The fraction of sp³-hybridized carbons (Fsp3) is 0.571. The molecule has 2 rings (SSSR count). The van der Waals surface area contributed by atoms with Crippen molar-refractivity contribution in [1.29, 1.82) is 0 Å². The minimum Gasteiger partial charge on any atom is -0.385 e. The molecular weight excluding hydrogens is 255 g/mol. The predicted octanol–water partition coefficient (Wildman–Crippen LogP) is 3.10. The highest BCUT2D eigenvalue weighted by atomic mass is 19.4. The van der Waals surface area contributed by atoms with Crippen LogP contribution in [0.25, 0.3) is 0 Å². The normalized spacial score (nSPS) is 28.4. The van der Waals surface area contributed by atoms with Crippen LogP contribution in [0.5, 0.6) is 0 Å². The first-order chi connectivity index (χ1) is 8.72. The first-order valence-electron chi connectivity index (χ1n) is 6.39. The Hall–Kier alpha value is -1.07. The van der Waals surface area contributed by atoms with Crippen molar-refractivity contribution in [3.05, 3.63) is 34.9 Å². The van der Waals surface area contributed by atoms with E-state index in [2.05, 4.69) is 0 Å². The molecule has 0 aliphatic heterocycles. The van der Waals surface area contributed by atoms with Gasteiger partial charge in [0.1, 0.15) is 0 Å². The van der Waals surface area contributed by atoms with Crippen LogP contribution in [0.4, 0.5) is 13.2 Å². The largest absolute Gasteiger partial charge is 0.416 e. The van der Waals surface area contributed by atoms with Gasteiger partial charge in [0, 0.05) is 6.04 Å². The summed E-state index contributed by atoms with van der Waals surface area (Å²) in [5.41, 5.74) is 5.15. The Labute approximate surface area is 110 Å². The van der Waals surface area contributed by atoms with E-state index in [-0.39, 0.29) is 6.04 Å². The summed E-state index contributed by atoms with van der Waals surface area (Å²) < 4.78 is 37.8. The molecule has 0 bridgehead atoms. The monoisotopic (exact) mass is 273 g/mol. The lowest BCUT2D eigenvalue weighted by molar-refractivity contribution is -0.137. The van der Waals surface area contributed by atoms with Gasteiger partial charge in [-0.25, -0.2) is 0 Å². The van der Waals surface area contributed by atoms with Gasteiger partial charge in [-0.3, -0.25) is 0 Å². The summed E-state index contributed by atoms with van der Waals surface area (Å²) in [6, 6.07) is 3.61. The number of hydrogen-bond donors (Lipinski definition) is 2. The molecule has 0 amide bonds. The molecule has 0 atom stereocenters. The lowest BCUT2D eigenvalue weighted by Crippen LogP contribution is -2.37. The molecule has 1 saturated carbocycles. The molecule has 1 fully saturated rings. The van der Waals surface area contributed by atoms with Crippen molar-refractivity contribution in [2.75, 3.05) is 0 Å². The van der Waals surface area contributed by atoms with Gasteiger partial charge in [-0.2, -0.15) is 13.2 Å². The van der Waals surface area contributed by atoms with Crippen molar-refractivity contribution >= 4 is 0 Å². The van der Waals surface area contributed by atoms with Gasteiger partial charge in [0.15, 0.2) is 0 Å². The topological polar surface area (TPSA) is 46.2 Å². The average Bonchev–Trinajstić information content (AvgIpc) is 2.32. The summed E-state index contributed by atoms with van der Waals surface area (Å²) in [6.45, 7) is 1.61. The van der Waals surface area contributed by atoms with Gasteiger partial charge in [-0.05, 0) is 55.9 Å². The van der Waals surface area contributed by atoms with Crippen molar-refractivity contribution in [3.63, 3.8) is 0 Å². The molecule has 0 spiro atoms. The molecule has 2 nitrogen and oxygen atoms in total. The van der Waals surface area contributed by atoms with Crippen molar-refractivity contribution < 1.29 is 18.3 Å². The van der Waals surface area contributed by atoms with E-state index in [0.29, 0.717) is 36.8 Å². The second kappa shape index (κ2) is 4.80. The quantitative estimate of drug-likeness (QED) is 0.826. The molecule has 1 aliphatic rings. The maximum atomic E-state index is 12.6. The fourth-order valence-electron chi connectivity index (χ4n) is 2.75. The van der Waals surface area contributed by atoms with Crippen molar-refractivity contribution in [2.45, 2.75) is 50.4 Å². The highest BCUT2D eigenvalue weighted by molar-refractivity contribution is 5.36. The van der Waals surface area contributed by atoms with Crippen LogP contribution in [-0.4, -0.2) is 11.1 Å². The molecule has 0 saturated heterocycles. The van der Waals surface area contributed by atoms with Gasteiger partial charge in [0.2, 0.25) is 0 Å². The molecule has 106 valence electrons. The Kier molecular flexibility index (Phi) is 3.62. The SMILES string of the molecule is Cc1cc(C(F)(F)F)ccc1C1(O)CCC(N)CC1. The number of aliphatic hydroxyl groups is 1. The number of nitrogens with two attached hydrogens (primary N) is 1. The van der Waals surface area contributed by atoms with E-state index in [1.165, 1.54) is 6.07 Å². The van der Waals surface area contributed by atoms with E-state index < -0.39 is 17.3 Å². The van der Waals surface area contributed by atoms with E-state index in [1.807, 2.05) is 0 Å². The summed E-state index contributed by atoms with van der Waals surface area (Å²) in [5.74, 6) is 0. The fourth-order valence-corrected chi connectivity index (χ4v) is 2.75. The first kappa shape index (κ1) is 14.3. The lowest BCUT2D eigenvalue weighted by Gasteiger charge is -2.36. The van der Waals surface area contributed by atoms with Gasteiger partial charge in [-0.15, -0.1) is 0 Å². The zero-order chi connectivity index (χ0) is 14.3. The van der Waals surface area contributed by atoms with Crippen LogP contribution in [0, 0.1) is 6.92 Å². The van der Waals surface area contributed by atoms with Crippen LogP contribution in [0.2, 0.25) is 0 Å². The highest BCUT2D eigenvalue weighted by Crippen LogP contribution is 2.39. The minimum atomic E-state index is -4.35. The zero-order valence-corrected chi connectivity index (χ0v) is 10.8. The maximum absolute atomic E-state index is 12.6. The Morgan fingerprint density at radius 1 is 1.26 bits per heavy atom. The van der Waals surface area contributed by atoms with E-state index in [9.17, 15) is 18.3 Å². The molecule has 5 heteroatoms. The molecule has 1 aromatic rings. The summed E-state index contributed by atoms with van der Waals surface area (Å²) in [6.07, 6.45) is -1.96. The van der Waals surface area contributed by atoms with Gasteiger partial charge in [0.05, 0.1) is 11.2 Å². The number of benzene rings is 1. The van der Waals surface area contributed by atoms with Crippen LogP contribution >= 0.6 is 0 Å². The third kappa shape index (κ3) is 2.92. The second-order valence-corrected chi connectivity index (χ2v) is 5.40. The van der Waals surface area contributed by atoms with E-state index >= 15 is 0 Å². The van der Waals surface area contributed by atoms with Crippen LogP contribution in [0.15, 0.2) is 18.2 Å². The number of hydrogen-bond acceptors (Lipinski definition) is 2. The highest BCUT2D eigenvalue weighted by Gasteiger charge is 2.36. The summed E-state index contributed by atoms with van der Waals surface area (Å²) >= 11 is 0. The van der Waals surface area contributed by atoms with Crippen LogP contribution in [0.1, 0.15) is 42.4 Å². The van der Waals surface area contributed by atoms with Crippen LogP contribution in [-0.2, 0) is 11.8 Å². The molecule has 3 N–H and O–H groups in total. The van der Waals surface area contributed by atoms with Gasteiger partial charge in [0.25, 0.3) is 0 Å². The Bertz CT molecular complexity index is 462. The average molecular weight is 273 g/mol. The molecule has 0 unspecified atom stereocenters. The minimum absolute atomic E-state index is 0.0787. The number of aryl methyl sites for hydroxylation is 1. The third-order valence-corrected chi connectivity index (χ3v) is 3.91. The van der Waals surface area contributed by atoms with E-state index in [1.54, 1.807) is 6.92 Å². The Balaban J connectivity index is 2.31. The molecular formula is C14H18F3NO. The van der Waals surface area contributed by atoms with Crippen molar-refractivity contribution in [1.82, 2.24) is 0 Å². The summed E-state index contributed by atoms with van der Waals surface area (Å²) in [5, 5.41) is 10.6.